The Bertz CT molecular complexity index is 258. The number of ether oxygens (including phenoxy) is 1. The Morgan fingerprint density at radius 3 is 2.67 bits per heavy atom. The molecule has 0 amide bonds. The highest BCUT2D eigenvalue weighted by Crippen LogP contribution is 2.23. The van der Waals surface area contributed by atoms with Crippen molar-refractivity contribution in [3.63, 3.8) is 0 Å². The fraction of sp³-hybridized carbons (Fsp3) is 0.500. The largest absolute Gasteiger partial charge is 0.473 e. The Morgan fingerprint density at radius 1 is 1.33 bits per heavy atom. The fourth-order valence-electron chi connectivity index (χ4n) is 1.02. The minimum Gasteiger partial charge on any atom is -0.473 e. The van der Waals surface area contributed by atoms with Gasteiger partial charge in [0.05, 0.1) is 12.4 Å². The highest BCUT2D eigenvalue weighted by molar-refractivity contribution is 9.10. The predicted octanol–water partition coefficient (Wildman–Crippen LogP) is 2.17. The van der Waals surface area contributed by atoms with Gasteiger partial charge < -0.3 is 4.74 Å². The summed E-state index contributed by atoms with van der Waals surface area (Å²) >= 11 is 3.21. The monoisotopic (exact) mass is 228 g/mol. The number of aromatic nitrogens is 2. The summed E-state index contributed by atoms with van der Waals surface area (Å²) in [6.45, 7) is 0. The van der Waals surface area contributed by atoms with Crippen molar-refractivity contribution in [1.82, 2.24) is 9.97 Å². The zero-order valence-electron chi connectivity index (χ0n) is 6.53. The molecular weight excluding hydrogens is 220 g/mol. The van der Waals surface area contributed by atoms with E-state index in [4.69, 9.17) is 4.74 Å². The Balaban J connectivity index is 1.98. The van der Waals surface area contributed by atoms with Gasteiger partial charge >= 0.3 is 0 Å². The van der Waals surface area contributed by atoms with Crippen LogP contribution in [0, 0.1) is 0 Å². The molecule has 0 atom stereocenters. The van der Waals surface area contributed by atoms with Crippen molar-refractivity contribution >= 4 is 15.9 Å². The molecule has 1 heterocycles. The molecule has 12 heavy (non-hydrogen) atoms. The molecule has 0 saturated heterocycles. The minimum atomic E-state index is 0.375. The average Bonchev–Trinajstić information content (AvgIpc) is 2.00. The summed E-state index contributed by atoms with van der Waals surface area (Å²) in [5, 5.41) is 0. The summed E-state index contributed by atoms with van der Waals surface area (Å²) < 4.78 is 6.25. The average molecular weight is 229 g/mol. The Hall–Kier alpha value is -0.640. The van der Waals surface area contributed by atoms with Crippen molar-refractivity contribution in [2.24, 2.45) is 0 Å². The summed E-state index contributed by atoms with van der Waals surface area (Å²) in [6.07, 6.45) is 7.24. The lowest BCUT2D eigenvalue weighted by Gasteiger charge is -2.25. The molecule has 0 aliphatic heterocycles. The highest BCUT2D eigenvalue weighted by Gasteiger charge is 2.19. The molecule has 0 N–H and O–H groups in total. The molecule has 0 aromatic carbocycles. The summed E-state index contributed by atoms with van der Waals surface area (Å²) in [5.74, 6) is 0.628. The lowest BCUT2D eigenvalue weighted by atomic mass is 9.96. The van der Waals surface area contributed by atoms with Crippen LogP contribution in [0.3, 0.4) is 0 Å². The second-order valence-corrected chi connectivity index (χ2v) is 3.66. The molecule has 0 spiro atoms. The van der Waals surface area contributed by atoms with Gasteiger partial charge in [0.15, 0.2) is 0 Å². The number of hydrogen-bond donors (Lipinski definition) is 0. The van der Waals surface area contributed by atoms with Gasteiger partial charge in [-0.05, 0) is 35.2 Å². The maximum Gasteiger partial charge on any atom is 0.232 e. The van der Waals surface area contributed by atoms with E-state index in [1.165, 1.54) is 6.42 Å². The molecule has 1 aromatic rings. The molecule has 1 fully saturated rings. The quantitative estimate of drug-likeness (QED) is 0.779. The third-order valence-corrected chi connectivity index (χ3v) is 2.35. The number of nitrogens with zero attached hydrogens (tertiary/aromatic N) is 2. The van der Waals surface area contributed by atoms with Crippen LogP contribution < -0.4 is 4.74 Å². The van der Waals surface area contributed by atoms with Crippen LogP contribution >= 0.6 is 15.9 Å². The van der Waals surface area contributed by atoms with Crippen LogP contribution in [0.1, 0.15) is 19.3 Å². The van der Waals surface area contributed by atoms with Crippen LogP contribution in [0.4, 0.5) is 0 Å². The van der Waals surface area contributed by atoms with Crippen molar-refractivity contribution < 1.29 is 4.74 Å². The maximum atomic E-state index is 5.51. The number of hydrogen-bond acceptors (Lipinski definition) is 3. The Labute approximate surface area is 79.3 Å². The standard InChI is InChI=1S/C8H9BrN2O/c9-7-4-11-8(5-10-7)12-6-2-1-3-6/h4-6H,1-3H2. The van der Waals surface area contributed by atoms with E-state index in [1.807, 2.05) is 0 Å². The molecule has 0 bridgehead atoms. The first-order chi connectivity index (χ1) is 5.84. The summed E-state index contributed by atoms with van der Waals surface area (Å²) in [5.41, 5.74) is 0. The van der Waals surface area contributed by atoms with Gasteiger partial charge in [0, 0.05) is 0 Å². The lowest BCUT2D eigenvalue weighted by molar-refractivity contribution is 0.114. The molecule has 64 valence electrons. The molecule has 1 aromatic heterocycles. The molecule has 4 heteroatoms. The van der Waals surface area contributed by atoms with Crippen molar-refractivity contribution in [1.29, 1.82) is 0 Å². The van der Waals surface area contributed by atoms with Crippen LogP contribution in [-0.4, -0.2) is 16.1 Å². The third-order valence-electron chi connectivity index (χ3n) is 1.94. The Kier molecular flexibility index (Phi) is 2.26. The lowest BCUT2D eigenvalue weighted by Crippen LogP contribution is -2.24. The minimum absolute atomic E-state index is 0.375. The maximum absolute atomic E-state index is 5.51. The van der Waals surface area contributed by atoms with E-state index in [-0.39, 0.29) is 0 Å². The van der Waals surface area contributed by atoms with Gasteiger partial charge in [-0.3, -0.25) is 0 Å². The zero-order chi connectivity index (χ0) is 8.39. The van der Waals surface area contributed by atoms with Crippen molar-refractivity contribution in [2.45, 2.75) is 25.4 Å². The molecule has 1 aliphatic rings. The number of halogens is 1. The van der Waals surface area contributed by atoms with Crippen molar-refractivity contribution in [2.75, 3.05) is 0 Å². The molecule has 0 radical (unpaired) electrons. The topological polar surface area (TPSA) is 35.0 Å². The van der Waals surface area contributed by atoms with E-state index < -0.39 is 0 Å². The van der Waals surface area contributed by atoms with Crippen molar-refractivity contribution in [3.8, 4) is 5.88 Å². The van der Waals surface area contributed by atoms with Crippen LogP contribution in [0.25, 0.3) is 0 Å². The normalized spacial score (nSPS) is 17.1. The van der Waals surface area contributed by atoms with Gasteiger partial charge in [-0.2, -0.15) is 0 Å². The van der Waals surface area contributed by atoms with E-state index in [9.17, 15) is 0 Å². The first kappa shape index (κ1) is 7.98. The second kappa shape index (κ2) is 3.39. The SMILES string of the molecule is Brc1cnc(OC2CCC2)cn1. The third kappa shape index (κ3) is 1.75. The Morgan fingerprint density at radius 2 is 2.17 bits per heavy atom. The first-order valence-corrected chi connectivity index (χ1v) is 4.78. The molecule has 1 aliphatic carbocycles. The predicted molar refractivity (Wildman–Crippen MR) is 48.0 cm³/mol. The van der Waals surface area contributed by atoms with Gasteiger partial charge in [-0.25, -0.2) is 9.97 Å². The van der Waals surface area contributed by atoms with Gasteiger partial charge in [-0.1, -0.05) is 0 Å². The second-order valence-electron chi connectivity index (χ2n) is 2.85. The smallest absolute Gasteiger partial charge is 0.232 e. The van der Waals surface area contributed by atoms with Gasteiger partial charge in [0.2, 0.25) is 5.88 Å². The van der Waals surface area contributed by atoms with Crippen molar-refractivity contribution in [3.05, 3.63) is 17.0 Å². The first-order valence-electron chi connectivity index (χ1n) is 3.99. The van der Waals surface area contributed by atoms with E-state index in [2.05, 4.69) is 25.9 Å². The molecule has 2 rings (SSSR count). The van der Waals surface area contributed by atoms with E-state index >= 15 is 0 Å². The van der Waals surface area contributed by atoms with Gasteiger partial charge in [0.25, 0.3) is 0 Å². The fourth-order valence-corrected chi connectivity index (χ4v) is 1.23. The summed E-state index contributed by atoms with van der Waals surface area (Å²) in [4.78, 5) is 8.09. The number of rotatable bonds is 2. The van der Waals surface area contributed by atoms with Gasteiger partial charge in [-0.15, -0.1) is 0 Å². The highest BCUT2D eigenvalue weighted by atomic mass is 79.9. The van der Waals surface area contributed by atoms with E-state index in [0.29, 0.717) is 12.0 Å². The molecule has 0 unspecified atom stereocenters. The van der Waals surface area contributed by atoms with Crippen LogP contribution in [0.5, 0.6) is 5.88 Å². The van der Waals surface area contributed by atoms with Crippen LogP contribution in [-0.2, 0) is 0 Å². The van der Waals surface area contributed by atoms with E-state index in [0.717, 1.165) is 17.4 Å². The summed E-state index contributed by atoms with van der Waals surface area (Å²) in [6, 6.07) is 0. The van der Waals surface area contributed by atoms with E-state index in [1.54, 1.807) is 12.4 Å². The van der Waals surface area contributed by atoms with Crippen LogP contribution in [0.2, 0.25) is 0 Å². The molecule has 3 nitrogen and oxygen atoms in total. The van der Waals surface area contributed by atoms with Crippen LogP contribution in [0.15, 0.2) is 17.0 Å². The molecule has 1 saturated carbocycles. The van der Waals surface area contributed by atoms with Gasteiger partial charge in [0.1, 0.15) is 10.7 Å². The summed E-state index contributed by atoms with van der Waals surface area (Å²) in [7, 11) is 0. The molecular formula is C8H9BrN2O. The zero-order valence-corrected chi connectivity index (χ0v) is 8.12.